The van der Waals surface area contributed by atoms with Crippen molar-refractivity contribution in [1.82, 2.24) is 4.90 Å². The van der Waals surface area contributed by atoms with Crippen LogP contribution < -0.4 is 0 Å². The number of hydrogen-bond donors (Lipinski definition) is 0. The molecule has 1 saturated carbocycles. The Kier molecular flexibility index (Phi) is 3.79. The molecule has 1 unspecified atom stereocenters. The molecule has 0 aromatic rings. The van der Waals surface area contributed by atoms with E-state index in [0.29, 0.717) is 0 Å². The first kappa shape index (κ1) is 11.1. The Balaban J connectivity index is 1.92. The molecule has 2 nitrogen and oxygen atoms in total. The van der Waals surface area contributed by atoms with Crippen molar-refractivity contribution in [3.8, 4) is 0 Å². The topological polar surface area (TPSA) is 6.25 Å². The van der Waals surface area contributed by atoms with Crippen LogP contribution in [0.5, 0.6) is 0 Å². The van der Waals surface area contributed by atoms with Crippen molar-refractivity contribution in [1.29, 1.82) is 0 Å². The van der Waals surface area contributed by atoms with E-state index in [1.807, 2.05) is 0 Å². The minimum Gasteiger partial charge on any atom is -0.245 e. The van der Waals surface area contributed by atoms with Crippen molar-refractivity contribution in [3.63, 3.8) is 0 Å². The summed E-state index contributed by atoms with van der Waals surface area (Å²) < 4.78 is 2.31. The molecular weight excluding hydrogens is 184 g/mol. The zero-order valence-electron chi connectivity index (χ0n) is 10.1. The molecule has 2 rings (SSSR count). The molecule has 1 atom stereocenters. The van der Waals surface area contributed by atoms with Gasteiger partial charge in [0.2, 0.25) is 0 Å². The Morgan fingerprint density at radius 1 is 1.07 bits per heavy atom. The van der Waals surface area contributed by atoms with Crippen LogP contribution in [0.3, 0.4) is 0 Å². The first-order valence-corrected chi connectivity index (χ1v) is 6.53. The zero-order valence-corrected chi connectivity index (χ0v) is 10.1. The zero-order chi connectivity index (χ0) is 10.7. The van der Waals surface area contributed by atoms with Crippen LogP contribution in [0.25, 0.3) is 0 Å². The van der Waals surface area contributed by atoms with Crippen LogP contribution in [0, 0.1) is 5.92 Å². The van der Waals surface area contributed by atoms with Gasteiger partial charge in [-0.05, 0) is 19.9 Å². The maximum absolute atomic E-state index is 4.19. The predicted molar refractivity (Wildman–Crippen MR) is 64.5 cm³/mol. The summed E-state index contributed by atoms with van der Waals surface area (Å²) in [7, 11) is 2.21. The molecule has 1 saturated heterocycles. The molecule has 1 aliphatic heterocycles. The molecule has 2 aliphatic rings. The second kappa shape index (κ2) is 5.11. The third-order valence-electron chi connectivity index (χ3n) is 4.08. The summed E-state index contributed by atoms with van der Waals surface area (Å²) in [6.45, 7) is 6.48. The molecule has 0 N–H and O–H groups in total. The van der Waals surface area contributed by atoms with Gasteiger partial charge in [0.05, 0.1) is 6.54 Å². The maximum Gasteiger partial charge on any atom is 0.198 e. The largest absolute Gasteiger partial charge is 0.245 e. The molecule has 0 amide bonds. The number of likely N-dealkylation sites (N-methyl/N-ethyl adjacent to an activating group) is 1. The Hall–Kier alpha value is -0.370. The fraction of sp³-hybridized carbons (Fsp3) is 0.923. The first-order chi connectivity index (χ1) is 7.27. The van der Waals surface area contributed by atoms with E-state index >= 15 is 0 Å². The van der Waals surface area contributed by atoms with Gasteiger partial charge in [0.1, 0.15) is 6.72 Å². The lowest BCUT2D eigenvalue weighted by atomic mass is 9.86. The van der Waals surface area contributed by atoms with Crippen LogP contribution in [0.1, 0.15) is 44.9 Å². The minimum absolute atomic E-state index is 0.730. The molecular formula is C13H25N2+. The number of nitrogens with zero attached hydrogens (tertiary/aromatic N) is 2. The van der Waals surface area contributed by atoms with Gasteiger partial charge in [-0.2, -0.15) is 0 Å². The molecule has 15 heavy (non-hydrogen) atoms. The summed E-state index contributed by atoms with van der Waals surface area (Å²) in [5.41, 5.74) is 0. The average molecular weight is 209 g/mol. The lowest BCUT2D eigenvalue weighted by Gasteiger charge is -2.22. The highest BCUT2D eigenvalue weighted by Crippen LogP contribution is 2.28. The van der Waals surface area contributed by atoms with Gasteiger partial charge in [0.15, 0.2) is 12.7 Å². The quantitative estimate of drug-likeness (QED) is 0.601. The van der Waals surface area contributed by atoms with Crippen molar-refractivity contribution < 1.29 is 4.58 Å². The van der Waals surface area contributed by atoms with Gasteiger partial charge in [0, 0.05) is 5.92 Å². The lowest BCUT2D eigenvalue weighted by molar-refractivity contribution is -0.550. The molecule has 1 heterocycles. The lowest BCUT2D eigenvalue weighted by Crippen LogP contribution is -2.30. The van der Waals surface area contributed by atoms with E-state index in [1.165, 1.54) is 51.5 Å². The van der Waals surface area contributed by atoms with Gasteiger partial charge in [0.25, 0.3) is 0 Å². The highest BCUT2D eigenvalue weighted by molar-refractivity contribution is 5.15. The SMILES string of the molecule is C=[N+]1CN(C)CC1C1CCCCCCC1. The molecule has 0 bridgehead atoms. The summed E-state index contributed by atoms with van der Waals surface area (Å²) >= 11 is 0. The molecule has 0 aromatic heterocycles. The summed E-state index contributed by atoms with van der Waals surface area (Å²) in [4.78, 5) is 2.40. The van der Waals surface area contributed by atoms with Crippen molar-refractivity contribution in [2.24, 2.45) is 5.92 Å². The smallest absolute Gasteiger partial charge is 0.198 e. The molecule has 2 fully saturated rings. The van der Waals surface area contributed by atoms with Crippen LogP contribution in [0.4, 0.5) is 0 Å². The van der Waals surface area contributed by atoms with E-state index in [1.54, 1.807) is 0 Å². The van der Waals surface area contributed by atoms with Gasteiger partial charge in [-0.1, -0.05) is 32.1 Å². The number of rotatable bonds is 1. The van der Waals surface area contributed by atoms with E-state index in [0.717, 1.165) is 18.6 Å². The standard InChI is InChI=1S/C13H25N2/c1-14-10-13(15(2)11-14)12-8-6-4-3-5-7-9-12/h12-13H,2-11H2,1H3/q+1. The highest BCUT2D eigenvalue weighted by atomic mass is 15.3. The summed E-state index contributed by atoms with van der Waals surface area (Å²) in [5, 5.41) is 0. The third kappa shape index (κ3) is 2.81. The van der Waals surface area contributed by atoms with Gasteiger partial charge in [-0.25, -0.2) is 9.48 Å². The molecule has 0 spiro atoms. The molecule has 1 aliphatic carbocycles. The minimum atomic E-state index is 0.730. The molecule has 2 heteroatoms. The van der Waals surface area contributed by atoms with Crippen LogP contribution in [-0.4, -0.2) is 42.5 Å². The Labute approximate surface area is 94.0 Å². The van der Waals surface area contributed by atoms with Gasteiger partial charge in [-0.15, -0.1) is 0 Å². The summed E-state index contributed by atoms with van der Waals surface area (Å²) in [6.07, 6.45) is 10.1. The van der Waals surface area contributed by atoms with Gasteiger partial charge < -0.3 is 0 Å². The Bertz CT molecular complexity index is 217. The van der Waals surface area contributed by atoms with E-state index < -0.39 is 0 Å². The fourth-order valence-electron chi connectivity index (χ4n) is 3.23. The van der Waals surface area contributed by atoms with Crippen molar-refractivity contribution in [2.45, 2.75) is 51.0 Å². The number of hydrogen-bond acceptors (Lipinski definition) is 1. The van der Waals surface area contributed by atoms with Crippen LogP contribution in [0.15, 0.2) is 0 Å². The molecule has 0 aromatic carbocycles. The van der Waals surface area contributed by atoms with Gasteiger partial charge >= 0.3 is 0 Å². The predicted octanol–water partition coefficient (Wildman–Crippen LogP) is 2.33. The normalized spacial score (nSPS) is 31.5. The second-order valence-corrected chi connectivity index (χ2v) is 5.44. The Morgan fingerprint density at radius 2 is 1.67 bits per heavy atom. The van der Waals surface area contributed by atoms with E-state index in [9.17, 15) is 0 Å². The average Bonchev–Trinajstić information content (AvgIpc) is 2.45. The van der Waals surface area contributed by atoms with E-state index in [4.69, 9.17) is 0 Å². The molecule has 86 valence electrons. The van der Waals surface area contributed by atoms with Crippen molar-refractivity contribution >= 4 is 6.72 Å². The third-order valence-corrected chi connectivity index (χ3v) is 4.08. The van der Waals surface area contributed by atoms with Crippen LogP contribution in [0.2, 0.25) is 0 Å². The van der Waals surface area contributed by atoms with Crippen molar-refractivity contribution in [2.75, 3.05) is 20.3 Å². The van der Waals surface area contributed by atoms with Gasteiger partial charge in [-0.3, -0.25) is 0 Å². The second-order valence-electron chi connectivity index (χ2n) is 5.44. The highest BCUT2D eigenvalue weighted by Gasteiger charge is 2.36. The summed E-state index contributed by atoms with van der Waals surface area (Å²) in [5.74, 6) is 0.910. The first-order valence-electron chi connectivity index (χ1n) is 6.53. The van der Waals surface area contributed by atoms with Crippen LogP contribution in [-0.2, 0) is 0 Å². The van der Waals surface area contributed by atoms with Crippen LogP contribution >= 0.6 is 0 Å². The fourth-order valence-corrected chi connectivity index (χ4v) is 3.23. The Morgan fingerprint density at radius 3 is 2.20 bits per heavy atom. The van der Waals surface area contributed by atoms with Crippen molar-refractivity contribution in [3.05, 3.63) is 0 Å². The van der Waals surface area contributed by atoms with E-state index in [2.05, 4.69) is 23.2 Å². The van der Waals surface area contributed by atoms with E-state index in [-0.39, 0.29) is 0 Å². The molecule has 0 radical (unpaired) electrons. The monoisotopic (exact) mass is 209 g/mol. The maximum atomic E-state index is 4.19. The summed E-state index contributed by atoms with van der Waals surface area (Å²) in [6, 6.07) is 0.730.